The fourth-order valence-corrected chi connectivity index (χ4v) is 2.40. The van der Waals surface area contributed by atoms with Gasteiger partial charge in [-0.3, -0.25) is 4.79 Å². The summed E-state index contributed by atoms with van der Waals surface area (Å²) in [6.07, 6.45) is 3.25. The highest BCUT2D eigenvalue weighted by Crippen LogP contribution is 2.18. The van der Waals surface area contributed by atoms with E-state index in [0.717, 1.165) is 25.1 Å². The van der Waals surface area contributed by atoms with Crippen LogP contribution in [0.3, 0.4) is 0 Å². The van der Waals surface area contributed by atoms with Crippen molar-refractivity contribution >= 4 is 5.91 Å². The van der Waals surface area contributed by atoms with E-state index in [1.54, 1.807) is 23.1 Å². The molecule has 3 rings (SSSR count). The topological polar surface area (TPSA) is 68.5 Å². The zero-order valence-corrected chi connectivity index (χ0v) is 11.9. The number of likely N-dealkylation sites (tertiary alicyclic amines) is 1. The molecule has 0 radical (unpaired) electrons. The molecule has 2 aromatic heterocycles. The molecule has 6 heteroatoms. The van der Waals surface area contributed by atoms with Crippen LogP contribution in [0.5, 0.6) is 5.88 Å². The first-order chi connectivity index (χ1) is 10.2. The molecule has 1 aliphatic rings. The summed E-state index contributed by atoms with van der Waals surface area (Å²) >= 11 is 0. The Morgan fingerprint density at radius 2 is 2.29 bits per heavy atom. The third-order valence-electron chi connectivity index (χ3n) is 3.46. The van der Waals surface area contributed by atoms with E-state index >= 15 is 0 Å². The first-order valence-electron chi connectivity index (χ1n) is 7.02. The number of hydrogen-bond acceptors (Lipinski definition) is 5. The average molecular weight is 287 g/mol. The van der Waals surface area contributed by atoms with Gasteiger partial charge in [-0.05, 0) is 38.0 Å². The van der Waals surface area contributed by atoms with E-state index in [1.807, 2.05) is 13.0 Å². The van der Waals surface area contributed by atoms with E-state index in [1.165, 1.54) is 6.26 Å². The lowest BCUT2D eigenvalue weighted by Crippen LogP contribution is -2.44. The number of amides is 1. The van der Waals surface area contributed by atoms with Crippen LogP contribution in [0.4, 0.5) is 0 Å². The van der Waals surface area contributed by atoms with Crippen LogP contribution in [0.15, 0.2) is 34.9 Å². The molecule has 0 N–H and O–H groups in total. The highest BCUT2D eigenvalue weighted by Gasteiger charge is 2.27. The molecule has 110 valence electrons. The monoisotopic (exact) mass is 287 g/mol. The van der Waals surface area contributed by atoms with Gasteiger partial charge in [-0.2, -0.15) is 5.10 Å². The Morgan fingerprint density at radius 1 is 1.38 bits per heavy atom. The number of piperidine rings is 1. The van der Waals surface area contributed by atoms with E-state index in [0.29, 0.717) is 18.2 Å². The van der Waals surface area contributed by atoms with Crippen LogP contribution in [0.25, 0.3) is 0 Å². The molecule has 1 saturated heterocycles. The molecule has 3 heterocycles. The van der Waals surface area contributed by atoms with Crippen molar-refractivity contribution in [3.63, 3.8) is 0 Å². The van der Waals surface area contributed by atoms with Gasteiger partial charge < -0.3 is 14.1 Å². The maximum Gasteiger partial charge on any atom is 0.289 e. The van der Waals surface area contributed by atoms with Gasteiger partial charge in [0.2, 0.25) is 5.88 Å². The Hall–Kier alpha value is -2.37. The van der Waals surface area contributed by atoms with Crippen LogP contribution in [-0.4, -0.2) is 40.2 Å². The summed E-state index contributed by atoms with van der Waals surface area (Å²) in [5, 5.41) is 7.97. The van der Waals surface area contributed by atoms with Gasteiger partial charge in [-0.15, -0.1) is 5.10 Å². The molecule has 6 nitrogen and oxygen atoms in total. The fourth-order valence-electron chi connectivity index (χ4n) is 2.40. The van der Waals surface area contributed by atoms with Gasteiger partial charge in [0, 0.05) is 12.6 Å². The zero-order valence-electron chi connectivity index (χ0n) is 11.9. The molecular weight excluding hydrogens is 270 g/mol. The van der Waals surface area contributed by atoms with Gasteiger partial charge >= 0.3 is 0 Å². The van der Waals surface area contributed by atoms with Crippen molar-refractivity contribution in [2.24, 2.45) is 0 Å². The molecule has 1 aliphatic heterocycles. The Labute approximate surface area is 122 Å². The minimum atomic E-state index is -0.0942. The first kappa shape index (κ1) is 13.6. The lowest BCUT2D eigenvalue weighted by atomic mass is 10.1. The first-order valence-corrected chi connectivity index (χ1v) is 7.02. The van der Waals surface area contributed by atoms with Crippen LogP contribution in [-0.2, 0) is 0 Å². The number of carbonyl (C=O) groups is 1. The Kier molecular flexibility index (Phi) is 3.85. The van der Waals surface area contributed by atoms with Gasteiger partial charge in [-0.25, -0.2) is 0 Å². The van der Waals surface area contributed by atoms with E-state index < -0.39 is 0 Å². The Balaban J connectivity index is 1.63. The quantitative estimate of drug-likeness (QED) is 0.864. The summed E-state index contributed by atoms with van der Waals surface area (Å²) in [5.41, 5.74) is 0.848. The summed E-state index contributed by atoms with van der Waals surface area (Å²) in [6.45, 7) is 3.13. The van der Waals surface area contributed by atoms with Crippen molar-refractivity contribution < 1.29 is 13.9 Å². The van der Waals surface area contributed by atoms with Gasteiger partial charge in [-0.1, -0.05) is 0 Å². The van der Waals surface area contributed by atoms with Crippen LogP contribution in [0.1, 0.15) is 29.1 Å². The number of rotatable bonds is 3. The summed E-state index contributed by atoms with van der Waals surface area (Å²) < 4.78 is 11.0. The van der Waals surface area contributed by atoms with Crippen molar-refractivity contribution in [2.45, 2.75) is 25.9 Å². The summed E-state index contributed by atoms with van der Waals surface area (Å²) in [5.74, 6) is 0.770. The molecule has 1 unspecified atom stereocenters. The van der Waals surface area contributed by atoms with E-state index in [9.17, 15) is 4.79 Å². The molecular formula is C15H17N3O3. The fraction of sp³-hybridized carbons (Fsp3) is 0.400. The number of carbonyl (C=O) groups excluding carboxylic acids is 1. The highest BCUT2D eigenvalue weighted by molar-refractivity contribution is 5.91. The summed E-state index contributed by atoms with van der Waals surface area (Å²) in [7, 11) is 0. The van der Waals surface area contributed by atoms with Crippen LogP contribution in [0.2, 0.25) is 0 Å². The molecule has 1 amide bonds. The van der Waals surface area contributed by atoms with E-state index in [2.05, 4.69) is 10.2 Å². The predicted octanol–water partition coefficient (Wildman–Crippen LogP) is 2.06. The number of aromatic nitrogens is 2. The maximum atomic E-state index is 12.3. The second-order valence-electron chi connectivity index (χ2n) is 5.12. The van der Waals surface area contributed by atoms with Gasteiger partial charge in [0.15, 0.2) is 5.76 Å². The number of ether oxygens (including phenoxy) is 1. The molecule has 21 heavy (non-hydrogen) atoms. The molecule has 1 atom stereocenters. The van der Waals surface area contributed by atoms with Crippen LogP contribution >= 0.6 is 0 Å². The van der Waals surface area contributed by atoms with Gasteiger partial charge in [0.05, 0.1) is 18.5 Å². The third kappa shape index (κ3) is 3.21. The standard InChI is InChI=1S/C15H17N3O3/c1-11-6-7-14(17-16-11)21-12-4-2-8-18(10-12)15(19)13-5-3-9-20-13/h3,5-7,9,12H,2,4,8,10H2,1H3. The van der Waals surface area contributed by atoms with Gasteiger partial charge in [0.1, 0.15) is 6.10 Å². The van der Waals surface area contributed by atoms with Crippen LogP contribution < -0.4 is 4.74 Å². The van der Waals surface area contributed by atoms with Crippen molar-refractivity contribution in [2.75, 3.05) is 13.1 Å². The second-order valence-corrected chi connectivity index (χ2v) is 5.12. The minimum absolute atomic E-state index is 0.0605. The third-order valence-corrected chi connectivity index (χ3v) is 3.46. The summed E-state index contributed by atoms with van der Waals surface area (Å²) in [6, 6.07) is 7.05. The van der Waals surface area contributed by atoms with E-state index in [4.69, 9.17) is 9.15 Å². The number of furan rings is 1. The van der Waals surface area contributed by atoms with Crippen LogP contribution in [0, 0.1) is 6.92 Å². The Bertz CT molecular complexity index is 595. The van der Waals surface area contributed by atoms with E-state index in [-0.39, 0.29) is 12.0 Å². The van der Waals surface area contributed by atoms with Crippen molar-refractivity contribution in [3.8, 4) is 5.88 Å². The highest BCUT2D eigenvalue weighted by atomic mass is 16.5. The average Bonchev–Trinajstić information content (AvgIpc) is 3.03. The Morgan fingerprint density at radius 3 is 3.00 bits per heavy atom. The molecule has 0 bridgehead atoms. The smallest absolute Gasteiger partial charge is 0.289 e. The molecule has 1 fully saturated rings. The lowest BCUT2D eigenvalue weighted by Gasteiger charge is -2.31. The molecule has 2 aromatic rings. The normalized spacial score (nSPS) is 18.5. The SMILES string of the molecule is Cc1ccc(OC2CCCN(C(=O)c3ccco3)C2)nn1. The lowest BCUT2D eigenvalue weighted by molar-refractivity contribution is 0.0498. The van der Waals surface area contributed by atoms with Gasteiger partial charge in [0.25, 0.3) is 5.91 Å². The molecule has 0 spiro atoms. The number of aryl methyl sites for hydroxylation is 1. The maximum absolute atomic E-state index is 12.3. The largest absolute Gasteiger partial charge is 0.471 e. The van der Waals surface area contributed by atoms with Crippen molar-refractivity contribution in [1.82, 2.24) is 15.1 Å². The van der Waals surface area contributed by atoms with Crippen molar-refractivity contribution in [1.29, 1.82) is 0 Å². The molecule has 0 aliphatic carbocycles. The second kappa shape index (κ2) is 5.95. The minimum Gasteiger partial charge on any atom is -0.471 e. The predicted molar refractivity (Wildman–Crippen MR) is 75.0 cm³/mol. The molecule has 0 aromatic carbocycles. The zero-order chi connectivity index (χ0) is 14.7. The molecule has 0 saturated carbocycles. The van der Waals surface area contributed by atoms with Crippen molar-refractivity contribution in [3.05, 3.63) is 42.0 Å². The summed E-state index contributed by atoms with van der Waals surface area (Å²) in [4.78, 5) is 14.0. The number of nitrogens with zero attached hydrogens (tertiary/aromatic N) is 3. The number of hydrogen-bond donors (Lipinski definition) is 0.